The van der Waals surface area contributed by atoms with E-state index in [4.69, 9.17) is 5.84 Å². The Morgan fingerprint density at radius 1 is 1.53 bits per heavy atom. The standard InChI is InChI=1S/C11H18N4O2S2/c1-11(5-2-6-18-11)8-14-19(16,17)9-3-4-10(15-12)13-7-9/h3-4,7,14H,2,5-6,8,12H2,1H3,(H,13,15). The van der Waals surface area contributed by atoms with E-state index in [1.165, 1.54) is 18.3 Å². The molecular formula is C11H18N4O2S2. The highest BCUT2D eigenvalue weighted by Crippen LogP contribution is 2.37. The molecule has 4 N–H and O–H groups in total. The van der Waals surface area contributed by atoms with Crippen LogP contribution in [0.1, 0.15) is 19.8 Å². The molecule has 1 saturated heterocycles. The second-order valence-electron chi connectivity index (χ2n) is 4.75. The largest absolute Gasteiger partial charge is 0.308 e. The van der Waals surface area contributed by atoms with Crippen LogP contribution in [0.5, 0.6) is 0 Å². The molecule has 0 spiro atoms. The van der Waals surface area contributed by atoms with Crippen LogP contribution in [-0.4, -0.2) is 30.4 Å². The van der Waals surface area contributed by atoms with Crippen molar-refractivity contribution in [3.8, 4) is 0 Å². The van der Waals surface area contributed by atoms with Gasteiger partial charge in [0.1, 0.15) is 10.7 Å². The summed E-state index contributed by atoms with van der Waals surface area (Å²) in [6.07, 6.45) is 3.47. The molecule has 0 radical (unpaired) electrons. The highest BCUT2D eigenvalue weighted by Gasteiger charge is 2.31. The molecule has 0 amide bonds. The van der Waals surface area contributed by atoms with E-state index in [0.29, 0.717) is 12.4 Å². The Balaban J connectivity index is 2.05. The van der Waals surface area contributed by atoms with E-state index in [0.717, 1.165) is 18.6 Å². The van der Waals surface area contributed by atoms with Crippen molar-refractivity contribution < 1.29 is 8.42 Å². The summed E-state index contributed by atoms with van der Waals surface area (Å²) in [7, 11) is -3.51. The smallest absolute Gasteiger partial charge is 0.242 e. The summed E-state index contributed by atoms with van der Waals surface area (Å²) >= 11 is 1.82. The van der Waals surface area contributed by atoms with E-state index < -0.39 is 10.0 Å². The van der Waals surface area contributed by atoms with Crippen molar-refractivity contribution in [3.63, 3.8) is 0 Å². The van der Waals surface area contributed by atoms with Gasteiger partial charge < -0.3 is 5.43 Å². The van der Waals surface area contributed by atoms with Crippen molar-refractivity contribution in [2.45, 2.75) is 29.4 Å². The SMILES string of the molecule is CC1(CNS(=O)(=O)c2ccc(NN)nc2)CCCS1. The maximum atomic E-state index is 12.1. The highest BCUT2D eigenvalue weighted by atomic mass is 32.2. The lowest BCUT2D eigenvalue weighted by molar-refractivity contribution is 0.552. The van der Waals surface area contributed by atoms with Crippen LogP contribution in [0, 0.1) is 0 Å². The zero-order valence-corrected chi connectivity index (χ0v) is 12.4. The summed E-state index contributed by atoms with van der Waals surface area (Å²) < 4.78 is 26.9. The van der Waals surface area contributed by atoms with Gasteiger partial charge in [-0.25, -0.2) is 24.0 Å². The zero-order valence-electron chi connectivity index (χ0n) is 10.7. The third kappa shape index (κ3) is 3.59. The second-order valence-corrected chi connectivity index (χ2v) is 8.20. The van der Waals surface area contributed by atoms with Gasteiger partial charge >= 0.3 is 0 Å². The van der Waals surface area contributed by atoms with Crippen molar-refractivity contribution in [2.24, 2.45) is 5.84 Å². The van der Waals surface area contributed by atoms with Crippen molar-refractivity contribution >= 4 is 27.6 Å². The first kappa shape index (κ1) is 14.6. The minimum absolute atomic E-state index is 0.000741. The van der Waals surface area contributed by atoms with Gasteiger partial charge in [-0.05, 0) is 37.7 Å². The number of hydrazine groups is 1. The Hall–Kier alpha value is -0.830. The molecular weight excluding hydrogens is 284 g/mol. The summed E-state index contributed by atoms with van der Waals surface area (Å²) in [5.74, 6) is 6.71. The first-order valence-corrected chi connectivity index (χ1v) is 8.48. The van der Waals surface area contributed by atoms with Crippen LogP contribution in [0.2, 0.25) is 0 Å². The van der Waals surface area contributed by atoms with Crippen LogP contribution in [-0.2, 0) is 10.0 Å². The van der Waals surface area contributed by atoms with E-state index in [-0.39, 0.29) is 9.64 Å². The van der Waals surface area contributed by atoms with Gasteiger partial charge in [0.15, 0.2) is 0 Å². The van der Waals surface area contributed by atoms with Gasteiger partial charge in [0, 0.05) is 17.5 Å². The third-order valence-corrected chi connectivity index (χ3v) is 6.06. The molecule has 1 aliphatic rings. The Labute approximate surface area is 117 Å². The molecule has 8 heteroatoms. The topological polar surface area (TPSA) is 97.1 Å². The number of nitrogens with one attached hydrogen (secondary N) is 2. The molecule has 106 valence electrons. The lowest BCUT2D eigenvalue weighted by Gasteiger charge is -2.22. The summed E-state index contributed by atoms with van der Waals surface area (Å²) in [6.45, 7) is 2.53. The van der Waals surface area contributed by atoms with Crippen molar-refractivity contribution in [1.82, 2.24) is 9.71 Å². The van der Waals surface area contributed by atoms with Crippen molar-refractivity contribution in [2.75, 3.05) is 17.7 Å². The molecule has 1 unspecified atom stereocenters. The third-order valence-electron chi connectivity index (χ3n) is 3.13. The molecule has 1 aromatic heterocycles. The number of rotatable bonds is 5. The minimum Gasteiger partial charge on any atom is -0.308 e. The molecule has 0 aromatic carbocycles. The van der Waals surface area contributed by atoms with Gasteiger partial charge in [-0.1, -0.05) is 0 Å². The monoisotopic (exact) mass is 302 g/mol. The predicted molar refractivity (Wildman–Crippen MR) is 77.3 cm³/mol. The fourth-order valence-corrected chi connectivity index (χ4v) is 4.38. The number of nitrogens with two attached hydrogens (primary N) is 1. The molecule has 2 heterocycles. The number of nitrogen functional groups attached to an aromatic ring is 1. The number of hydrogen-bond donors (Lipinski definition) is 3. The summed E-state index contributed by atoms with van der Waals surface area (Å²) in [4.78, 5) is 4.05. The molecule has 1 aromatic rings. The van der Waals surface area contributed by atoms with Gasteiger partial charge in [0.25, 0.3) is 0 Å². The van der Waals surface area contributed by atoms with Crippen LogP contribution in [0.4, 0.5) is 5.82 Å². The number of pyridine rings is 1. The summed E-state index contributed by atoms with van der Waals surface area (Å²) in [5, 5.41) is 0. The lowest BCUT2D eigenvalue weighted by Crippen LogP contribution is -2.36. The van der Waals surface area contributed by atoms with Crippen LogP contribution < -0.4 is 16.0 Å². The zero-order chi connectivity index (χ0) is 13.9. The fraction of sp³-hybridized carbons (Fsp3) is 0.545. The van der Waals surface area contributed by atoms with Crippen LogP contribution >= 0.6 is 11.8 Å². The molecule has 2 rings (SSSR count). The maximum Gasteiger partial charge on any atom is 0.242 e. The lowest BCUT2D eigenvalue weighted by atomic mass is 10.1. The maximum absolute atomic E-state index is 12.1. The number of sulfonamides is 1. The van der Waals surface area contributed by atoms with E-state index in [9.17, 15) is 8.42 Å². The Bertz CT molecular complexity index is 524. The predicted octanol–water partition coefficient (Wildman–Crippen LogP) is 0.931. The number of nitrogens with zero attached hydrogens (tertiary/aromatic N) is 1. The van der Waals surface area contributed by atoms with Crippen LogP contribution in [0.3, 0.4) is 0 Å². The fourth-order valence-electron chi connectivity index (χ4n) is 1.93. The van der Waals surface area contributed by atoms with Gasteiger partial charge in [-0.3, -0.25) is 0 Å². The number of thioether (sulfide) groups is 1. The Kier molecular flexibility index (Phi) is 4.34. The van der Waals surface area contributed by atoms with E-state index >= 15 is 0 Å². The van der Waals surface area contributed by atoms with Crippen molar-refractivity contribution in [3.05, 3.63) is 18.3 Å². The van der Waals surface area contributed by atoms with E-state index in [1.807, 2.05) is 11.8 Å². The van der Waals surface area contributed by atoms with Gasteiger partial charge in [-0.15, -0.1) is 0 Å². The van der Waals surface area contributed by atoms with Gasteiger partial charge in [0.05, 0.1) is 0 Å². The van der Waals surface area contributed by atoms with E-state index in [1.54, 1.807) is 0 Å². The van der Waals surface area contributed by atoms with E-state index in [2.05, 4.69) is 22.1 Å². The normalized spacial score (nSPS) is 23.5. The van der Waals surface area contributed by atoms with Gasteiger partial charge in [-0.2, -0.15) is 11.8 Å². The molecule has 1 atom stereocenters. The number of anilines is 1. The number of aromatic nitrogens is 1. The molecule has 0 saturated carbocycles. The quantitative estimate of drug-likeness (QED) is 0.553. The van der Waals surface area contributed by atoms with Crippen LogP contribution in [0.25, 0.3) is 0 Å². The highest BCUT2D eigenvalue weighted by molar-refractivity contribution is 8.01. The summed E-state index contributed by atoms with van der Waals surface area (Å²) in [5.41, 5.74) is 2.36. The average Bonchev–Trinajstić information content (AvgIpc) is 2.84. The first-order chi connectivity index (χ1) is 8.95. The minimum atomic E-state index is -3.51. The van der Waals surface area contributed by atoms with Crippen molar-refractivity contribution in [1.29, 1.82) is 0 Å². The molecule has 0 bridgehead atoms. The molecule has 0 aliphatic carbocycles. The summed E-state index contributed by atoms with van der Waals surface area (Å²) in [6, 6.07) is 3.01. The van der Waals surface area contributed by atoms with Gasteiger partial charge in [0.2, 0.25) is 10.0 Å². The Morgan fingerprint density at radius 3 is 2.84 bits per heavy atom. The first-order valence-electron chi connectivity index (χ1n) is 6.01. The number of hydrogen-bond acceptors (Lipinski definition) is 6. The molecule has 1 fully saturated rings. The molecule has 19 heavy (non-hydrogen) atoms. The Morgan fingerprint density at radius 2 is 2.32 bits per heavy atom. The second kappa shape index (κ2) is 5.66. The van der Waals surface area contributed by atoms with Crippen LogP contribution in [0.15, 0.2) is 23.2 Å². The average molecular weight is 302 g/mol. The molecule has 1 aliphatic heterocycles. The molecule has 6 nitrogen and oxygen atoms in total.